The Morgan fingerprint density at radius 1 is 1.38 bits per heavy atom. The smallest absolute Gasteiger partial charge is 0.243 e. The van der Waals surface area contributed by atoms with E-state index in [1.165, 1.54) is 4.90 Å². The number of nitrogens with zero attached hydrogens (tertiary/aromatic N) is 3. The molecule has 16 heavy (non-hydrogen) atoms. The summed E-state index contributed by atoms with van der Waals surface area (Å²) in [5, 5.41) is 6.79. The van der Waals surface area contributed by atoms with Crippen molar-refractivity contribution in [1.82, 2.24) is 20.0 Å². The van der Waals surface area contributed by atoms with Crippen LogP contribution in [-0.2, 0) is 23.1 Å². The molecule has 0 saturated carbocycles. The molecule has 86 valence electrons. The normalized spacial score (nSPS) is 16.9. The summed E-state index contributed by atoms with van der Waals surface area (Å²) in [4.78, 5) is 24.2. The summed E-state index contributed by atoms with van der Waals surface area (Å²) < 4.78 is 1.71. The second kappa shape index (κ2) is 4.44. The van der Waals surface area contributed by atoms with Gasteiger partial charge in [0.1, 0.15) is 0 Å². The topological polar surface area (TPSA) is 67.2 Å². The van der Waals surface area contributed by atoms with Gasteiger partial charge >= 0.3 is 0 Å². The highest BCUT2D eigenvalue weighted by Gasteiger charge is 2.24. The molecule has 1 aromatic heterocycles. The quantitative estimate of drug-likeness (QED) is 0.661. The molecular formula is C10H14N4O2. The van der Waals surface area contributed by atoms with Crippen LogP contribution in [0.4, 0.5) is 0 Å². The van der Waals surface area contributed by atoms with Crippen molar-refractivity contribution in [3.63, 3.8) is 0 Å². The number of nitrogens with one attached hydrogen (secondary N) is 1. The highest BCUT2D eigenvalue weighted by Crippen LogP contribution is 2.02. The van der Waals surface area contributed by atoms with E-state index in [9.17, 15) is 9.59 Å². The Morgan fingerprint density at radius 3 is 2.62 bits per heavy atom. The van der Waals surface area contributed by atoms with Gasteiger partial charge in [-0.2, -0.15) is 5.10 Å². The lowest BCUT2D eigenvalue weighted by molar-refractivity contribution is -0.146. The van der Waals surface area contributed by atoms with Crippen molar-refractivity contribution >= 4 is 11.8 Å². The maximum absolute atomic E-state index is 11.5. The third-order valence-electron chi connectivity index (χ3n) is 2.54. The van der Waals surface area contributed by atoms with E-state index >= 15 is 0 Å². The first-order valence-electron chi connectivity index (χ1n) is 5.18. The van der Waals surface area contributed by atoms with E-state index in [0.29, 0.717) is 13.0 Å². The fourth-order valence-corrected chi connectivity index (χ4v) is 1.70. The zero-order valence-electron chi connectivity index (χ0n) is 9.14. The second-order valence-electron chi connectivity index (χ2n) is 3.81. The van der Waals surface area contributed by atoms with Gasteiger partial charge in [0.15, 0.2) is 0 Å². The Labute approximate surface area is 93.2 Å². The minimum atomic E-state index is -0.153. The molecular weight excluding hydrogens is 208 g/mol. The van der Waals surface area contributed by atoms with Gasteiger partial charge in [-0.05, 0) is 12.0 Å². The van der Waals surface area contributed by atoms with Gasteiger partial charge in [0.2, 0.25) is 11.8 Å². The van der Waals surface area contributed by atoms with Crippen LogP contribution < -0.4 is 5.32 Å². The van der Waals surface area contributed by atoms with Crippen LogP contribution in [-0.4, -0.2) is 46.1 Å². The lowest BCUT2D eigenvalue weighted by Gasteiger charge is -2.25. The minimum Gasteiger partial charge on any atom is -0.300 e. The predicted octanol–water partition coefficient (Wildman–Crippen LogP) is -1.08. The van der Waals surface area contributed by atoms with E-state index in [1.54, 1.807) is 10.9 Å². The number of aromatic nitrogens is 2. The molecule has 1 aliphatic heterocycles. The molecule has 0 aromatic carbocycles. The van der Waals surface area contributed by atoms with E-state index < -0.39 is 0 Å². The summed E-state index contributed by atoms with van der Waals surface area (Å²) in [5.41, 5.74) is 1.03. The third kappa shape index (κ3) is 2.27. The highest BCUT2D eigenvalue weighted by molar-refractivity contribution is 5.99. The summed E-state index contributed by atoms with van der Waals surface area (Å²) in [5.74, 6) is -0.305. The summed E-state index contributed by atoms with van der Waals surface area (Å²) in [6, 6.07) is 0. The summed E-state index contributed by atoms with van der Waals surface area (Å²) in [6.07, 6.45) is 4.29. The molecule has 6 nitrogen and oxygen atoms in total. The average molecular weight is 222 g/mol. The molecule has 1 aliphatic rings. The largest absolute Gasteiger partial charge is 0.300 e. The van der Waals surface area contributed by atoms with Crippen molar-refractivity contribution < 1.29 is 9.59 Å². The Kier molecular flexibility index (Phi) is 3.00. The molecule has 0 unspecified atom stereocenters. The lowest BCUT2D eigenvalue weighted by atomic mass is 10.2. The molecule has 0 radical (unpaired) electrons. The van der Waals surface area contributed by atoms with E-state index in [1.807, 2.05) is 13.2 Å². The van der Waals surface area contributed by atoms with Gasteiger partial charge in [-0.3, -0.25) is 24.5 Å². The van der Waals surface area contributed by atoms with Crippen LogP contribution in [0.2, 0.25) is 0 Å². The molecule has 2 rings (SSSR count). The van der Waals surface area contributed by atoms with Gasteiger partial charge < -0.3 is 0 Å². The predicted molar refractivity (Wildman–Crippen MR) is 56.5 cm³/mol. The van der Waals surface area contributed by atoms with Crippen molar-refractivity contribution in [3.8, 4) is 0 Å². The van der Waals surface area contributed by atoms with Gasteiger partial charge in [0.05, 0.1) is 19.3 Å². The Bertz CT molecular complexity index is 397. The Morgan fingerprint density at radius 2 is 2.06 bits per heavy atom. The van der Waals surface area contributed by atoms with Crippen LogP contribution in [0.1, 0.15) is 5.56 Å². The van der Waals surface area contributed by atoms with Gasteiger partial charge in [0.25, 0.3) is 0 Å². The highest BCUT2D eigenvalue weighted by atomic mass is 16.2. The van der Waals surface area contributed by atoms with Gasteiger partial charge in [-0.25, -0.2) is 0 Å². The number of carbonyl (C=O) groups excluding carboxylic acids is 2. The summed E-state index contributed by atoms with van der Waals surface area (Å²) >= 11 is 0. The summed E-state index contributed by atoms with van der Waals surface area (Å²) in [6.45, 7) is 0.933. The maximum atomic E-state index is 11.5. The monoisotopic (exact) mass is 222 g/mol. The fraction of sp³-hybridized carbons (Fsp3) is 0.500. The molecule has 2 amide bonds. The number of hydrogen-bond donors (Lipinski definition) is 1. The molecule has 0 atom stereocenters. The lowest BCUT2D eigenvalue weighted by Crippen LogP contribution is -2.52. The van der Waals surface area contributed by atoms with Crippen molar-refractivity contribution in [1.29, 1.82) is 0 Å². The van der Waals surface area contributed by atoms with Crippen LogP contribution in [0.25, 0.3) is 0 Å². The first kappa shape index (κ1) is 10.8. The first-order valence-corrected chi connectivity index (χ1v) is 5.18. The fourth-order valence-electron chi connectivity index (χ4n) is 1.70. The van der Waals surface area contributed by atoms with Crippen molar-refractivity contribution in [3.05, 3.63) is 18.0 Å². The SMILES string of the molecule is Cn1cc(CCN2C(=O)CNCC2=O)cn1. The van der Waals surface area contributed by atoms with E-state index in [-0.39, 0.29) is 24.9 Å². The van der Waals surface area contributed by atoms with Crippen molar-refractivity contribution in [2.75, 3.05) is 19.6 Å². The second-order valence-corrected chi connectivity index (χ2v) is 3.81. The first-order chi connectivity index (χ1) is 7.66. The van der Waals surface area contributed by atoms with E-state index in [0.717, 1.165) is 5.56 Å². The third-order valence-corrected chi connectivity index (χ3v) is 2.54. The van der Waals surface area contributed by atoms with Crippen LogP contribution in [0.3, 0.4) is 0 Å². The molecule has 1 N–H and O–H groups in total. The molecule has 2 heterocycles. The number of rotatable bonds is 3. The molecule has 1 fully saturated rings. The standard InChI is InChI=1S/C10H14N4O2/c1-13-7-8(4-12-13)2-3-14-9(15)5-11-6-10(14)16/h4,7,11H,2-3,5-6H2,1H3. The molecule has 1 saturated heterocycles. The van der Waals surface area contributed by atoms with E-state index in [4.69, 9.17) is 0 Å². The number of piperazine rings is 1. The molecule has 0 aliphatic carbocycles. The van der Waals surface area contributed by atoms with Crippen LogP contribution in [0.15, 0.2) is 12.4 Å². The number of hydrogen-bond acceptors (Lipinski definition) is 4. The number of imide groups is 1. The molecule has 6 heteroatoms. The van der Waals surface area contributed by atoms with Crippen LogP contribution in [0.5, 0.6) is 0 Å². The molecule has 1 aromatic rings. The molecule has 0 spiro atoms. The van der Waals surface area contributed by atoms with Gasteiger partial charge in [-0.1, -0.05) is 0 Å². The Hall–Kier alpha value is -1.69. The Balaban J connectivity index is 1.93. The number of aryl methyl sites for hydroxylation is 1. The number of carbonyl (C=O) groups is 2. The maximum Gasteiger partial charge on any atom is 0.243 e. The van der Waals surface area contributed by atoms with E-state index in [2.05, 4.69) is 10.4 Å². The van der Waals surface area contributed by atoms with Crippen LogP contribution >= 0.6 is 0 Å². The van der Waals surface area contributed by atoms with Crippen LogP contribution in [0, 0.1) is 0 Å². The van der Waals surface area contributed by atoms with Crippen molar-refractivity contribution in [2.24, 2.45) is 7.05 Å². The van der Waals surface area contributed by atoms with Gasteiger partial charge in [-0.15, -0.1) is 0 Å². The summed E-state index contributed by atoms with van der Waals surface area (Å²) in [7, 11) is 1.84. The number of amides is 2. The van der Waals surface area contributed by atoms with Crippen molar-refractivity contribution in [2.45, 2.75) is 6.42 Å². The average Bonchev–Trinajstić information content (AvgIpc) is 2.63. The minimum absolute atomic E-state index is 0.153. The zero-order valence-corrected chi connectivity index (χ0v) is 9.14. The zero-order chi connectivity index (χ0) is 11.5. The van der Waals surface area contributed by atoms with Gasteiger partial charge in [0, 0.05) is 19.8 Å². The molecule has 0 bridgehead atoms.